The van der Waals surface area contributed by atoms with Crippen LogP contribution in [0.2, 0.25) is 5.02 Å². The topological polar surface area (TPSA) is 46.3 Å². The molecule has 2 N–H and O–H groups in total. The van der Waals surface area contributed by atoms with E-state index in [9.17, 15) is 4.79 Å². The quantitative estimate of drug-likeness (QED) is 0.933. The van der Waals surface area contributed by atoms with E-state index >= 15 is 0 Å². The number of benzene rings is 1. The van der Waals surface area contributed by atoms with Crippen LogP contribution in [0.4, 0.5) is 0 Å². The highest BCUT2D eigenvalue weighted by atomic mass is 35.5. The second-order valence-corrected chi connectivity index (χ2v) is 5.32. The highest BCUT2D eigenvalue weighted by molar-refractivity contribution is 6.31. The molecule has 19 heavy (non-hydrogen) atoms. The summed E-state index contributed by atoms with van der Waals surface area (Å²) in [5, 5.41) is 0.776. The number of likely N-dealkylation sites (tertiary alicyclic amines) is 1. The molecule has 1 amide bonds. The molecule has 2 atom stereocenters. The van der Waals surface area contributed by atoms with E-state index < -0.39 is 6.04 Å². The first-order valence-corrected chi connectivity index (χ1v) is 6.77. The van der Waals surface area contributed by atoms with Crippen LogP contribution in [0.3, 0.4) is 0 Å². The van der Waals surface area contributed by atoms with E-state index in [2.05, 4.69) is 0 Å². The smallest absolute Gasteiger partial charge is 0.239 e. The molecule has 1 saturated heterocycles. The number of carbonyl (C=O) groups excluding carboxylic acids is 1. The van der Waals surface area contributed by atoms with Crippen LogP contribution in [-0.4, -0.2) is 29.4 Å². The maximum atomic E-state index is 12.0. The third-order valence-electron chi connectivity index (χ3n) is 3.46. The Hall–Kier alpha value is -0.770. The molecular formula is C14H20Cl2N2O. The van der Waals surface area contributed by atoms with Gasteiger partial charge in [-0.1, -0.05) is 29.8 Å². The van der Waals surface area contributed by atoms with Gasteiger partial charge in [0.05, 0.1) is 6.04 Å². The fraction of sp³-hybridized carbons (Fsp3) is 0.500. The number of carbonyl (C=O) groups is 1. The second-order valence-electron chi connectivity index (χ2n) is 4.91. The number of hydrogen-bond acceptors (Lipinski definition) is 2. The molecule has 5 heteroatoms. The number of hydrogen-bond donors (Lipinski definition) is 1. The third-order valence-corrected chi connectivity index (χ3v) is 3.83. The van der Waals surface area contributed by atoms with Crippen LogP contribution in [0, 0.1) is 0 Å². The van der Waals surface area contributed by atoms with E-state index in [0.717, 1.165) is 36.4 Å². The molecule has 106 valence electrons. The van der Waals surface area contributed by atoms with Crippen molar-refractivity contribution in [2.24, 2.45) is 5.73 Å². The number of nitrogens with zero attached hydrogens (tertiary/aromatic N) is 1. The van der Waals surface area contributed by atoms with Gasteiger partial charge in [-0.05, 0) is 37.8 Å². The Bertz CT molecular complexity index is 437. The summed E-state index contributed by atoms with van der Waals surface area (Å²) in [7, 11) is 0. The molecule has 1 aromatic rings. The molecule has 1 aliphatic heterocycles. The van der Waals surface area contributed by atoms with Crippen molar-refractivity contribution in [2.45, 2.75) is 38.3 Å². The summed E-state index contributed by atoms with van der Waals surface area (Å²) in [4.78, 5) is 13.9. The summed E-state index contributed by atoms with van der Waals surface area (Å²) in [6, 6.07) is 7.64. The Kier molecular flexibility index (Phi) is 6.11. The number of amides is 1. The number of rotatable bonds is 3. The van der Waals surface area contributed by atoms with Gasteiger partial charge in [-0.3, -0.25) is 4.79 Å². The van der Waals surface area contributed by atoms with Crippen molar-refractivity contribution in [2.75, 3.05) is 6.54 Å². The molecule has 0 bridgehead atoms. The lowest BCUT2D eigenvalue weighted by Gasteiger charge is -2.26. The van der Waals surface area contributed by atoms with E-state index in [1.165, 1.54) is 0 Å². The summed E-state index contributed by atoms with van der Waals surface area (Å²) in [6.07, 6.45) is 2.90. The Morgan fingerprint density at radius 3 is 2.84 bits per heavy atom. The summed E-state index contributed by atoms with van der Waals surface area (Å²) in [5.41, 5.74) is 6.79. The van der Waals surface area contributed by atoms with Crippen LogP contribution >= 0.6 is 24.0 Å². The van der Waals surface area contributed by atoms with Crippen LogP contribution in [-0.2, 0) is 11.2 Å². The van der Waals surface area contributed by atoms with Crippen molar-refractivity contribution in [3.63, 3.8) is 0 Å². The molecule has 1 aromatic carbocycles. The predicted octanol–water partition coefficient (Wildman–Crippen LogP) is 2.64. The maximum absolute atomic E-state index is 12.0. The fourth-order valence-electron chi connectivity index (χ4n) is 2.52. The average molecular weight is 303 g/mol. The van der Waals surface area contributed by atoms with E-state index in [1.807, 2.05) is 29.2 Å². The minimum atomic E-state index is -0.420. The van der Waals surface area contributed by atoms with Gasteiger partial charge in [-0.25, -0.2) is 0 Å². The second kappa shape index (κ2) is 7.13. The summed E-state index contributed by atoms with van der Waals surface area (Å²) in [5.74, 6) is 0.0459. The highest BCUT2D eigenvalue weighted by Crippen LogP contribution is 2.25. The molecule has 1 fully saturated rings. The fourth-order valence-corrected chi connectivity index (χ4v) is 2.73. The van der Waals surface area contributed by atoms with E-state index in [4.69, 9.17) is 17.3 Å². The minimum absolute atomic E-state index is 0. The molecule has 0 saturated carbocycles. The maximum Gasteiger partial charge on any atom is 0.239 e. The van der Waals surface area contributed by atoms with E-state index in [-0.39, 0.29) is 24.4 Å². The largest absolute Gasteiger partial charge is 0.338 e. The van der Waals surface area contributed by atoms with Crippen LogP contribution < -0.4 is 5.73 Å². The lowest BCUT2D eigenvalue weighted by Crippen LogP contribution is -2.45. The molecule has 3 nitrogen and oxygen atoms in total. The van der Waals surface area contributed by atoms with Crippen LogP contribution in [0.25, 0.3) is 0 Å². The molecule has 1 aliphatic rings. The Balaban J connectivity index is 0.00000180. The molecule has 1 heterocycles. The van der Waals surface area contributed by atoms with Gasteiger partial charge in [0, 0.05) is 17.6 Å². The first-order chi connectivity index (χ1) is 8.59. The summed E-state index contributed by atoms with van der Waals surface area (Å²) < 4.78 is 0. The highest BCUT2D eigenvalue weighted by Gasteiger charge is 2.30. The molecular weight excluding hydrogens is 283 g/mol. The van der Waals surface area contributed by atoms with Crippen molar-refractivity contribution in [3.05, 3.63) is 34.9 Å². The Labute approximate surface area is 125 Å². The van der Waals surface area contributed by atoms with Crippen LogP contribution in [0.1, 0.15) is 25.3 Å². The van der Waals surface area contributed by atoms with Gasteiger partial charge < -0.3 is 10.6 Å². The van der Waals surface area contributed by atoms with Gasteiger partial charge in [-0.15, -0.1) is 12.4 Å². The number of nitrogens with two attached hydrogens (primary N) is 1. The first-order valence-electron chi connectivity index (χ1n) is 6.39. The van der Waals surface area contributed by atoms with Crippen LogP contribution in [0.5, 0.6) is 0 Å². The van der Waals surface area contributed by atoms with Crippen molar-refractivity contribution in [3.8, 4) is 0 Å². The number of halogens is 2. The van der Waals surface area contributed by atoms with E-state index in [1.54, 1.807) is 6.92 Å². The summed E-state index contributed by atoms with van der Waals surface area (Å²) >= 11 is 6.16. The van der Waals surface area contributed by atoms with Gasteiger partial charge in [0.25, 0.3) is 0 Å². The normalized spacial score (nSPS) is 19.9. The zero-order valence-corrected chi connectivity index (χ0v) is 12.6. The van der Waals surface area contributed by atoms with Gasteiger partial charge >= 0.3 is 0 Å². The van der Waals surface area contributed by atoms with Crippen molar-refractivity contribution >= 4 is 29.9 Å². The van der Waals surface area contributed by atoms with Crippen LogP contribution in [0.15, 0.2) is 24.3 Å². The molecule has 1 unspecified atom stereocenters. The molecule has 0 aliphatic carbocycles. The van der Waals surface area contributed by atoms with Gasteiger partial charge in [0.1, 0.15) is 0 Å². The monoisotopic (exact) mass is 302 g/mol. The lowest BCUT2D eigenvalue weighted by molar-refractivity contribution is -0.132. The van der Waals surface area contributed by atoms with Gasteiger partial charge in [-0.2, -0.15) is 0 Å². The third kappa shape index (κ3) is 3.85. The Morgan fingerprint density at radius 1 is 1.53 bits per heavy atom. The standard InChI is InChI=1S/C14H19ClN2O.ClH/c1-10(16)14(18)17-8-4-6-12(17)9-11-5-2-3-7-13(11)15;/h2-3,5,7,10,12H,4,6,8-9,16H2,1H3;1H/t10-,12?;/m1./s1. The predicted molar refractivity (Wildman–Crippen MR) is 80.8 cm³/mol. The zero-order chi connectivity index (χ0) is 13.1. The lowest BCUT2D eigenvalue weighted by atomic mass is 10.0. The average Bonchev–Trinajstić information content (AvgIpc) is 2.79. The van der Waals surface area contributed by atoms with E-state index in [0.29, 0.717) is 0 Å². The first kappa shape index (κ1) is 16.3. The minimum Gasteiger partial charge on any atom is -0.338 e. The molecule has 0 aromatic heterocycles. The zero-order valence-electron chi connectivity index (χ0n) is 11.0. The van der Waals surface area contributed by atoms with Gasteiger partial charge in [0.2, 0.25) is 5.91 Å². The Morgan fingerprint density at radius 2 is 2.21 bits per heavy atom. The van der Waals surface area contributed by atoms with Crippen molar-refractivity contribution < 1.29 is 4.79 Å². The molecule has 0 spiro atoms. The molecule has 2 rings (SSSR count). The van der Waals surface area contributed by atoms with Crippen molar-refractivity contribution in [1.82, 2.24) is 4.90 Å². The molecule has 0 radical (unpaired) electrons. The SMILES string of the molecule is C[C@@H](N)C(=O)N1CCCC1Cc1ccccc1Cl.Cl. The van der Waals surface area contributed by atoms with Crippen molar-refractivity contribution in [1.29, 1.82) is 0 Å². The summed E-state index contributed by atoms with van der Waals surface area (Å²) in [6.45, 7) is 2.56. The van der Waals surface area contributed by atoms with Gasteiger partial charge in [0.15, 0.2) is 0 Å².